The first kappa shape index (κ1) is 22.3. The zero-order valence-electron chi connectivity index (χ0n) is 19.6. The number of aryl methyl sites for hydroxylation is 1. The van der Waals surface area contributed by atoms with Crippen molar-refractivity contribution in [3.05, 3.63) is 78.2 Å². The van der Waals surface area contributed by atoms with E-state index in [-0.39, 0.29) is 17.9 Å². The fraction of sp³-hybridized carbons (Fsp3) is 0.308. The molecule has 0 aliphatic carbocycles. The summed E-state index contributed by atoms with van der Waals surface area (Å²) in [6, 6.07) is 16.3. The third-order valence-electron chi connectivity index (χ3n) is 6.53. The van der Waals surface area contributed by atoms with Gasteiger partial charge in [-0.25, -0.2) is 4.98 Å². The molecule has 0 bridgehead atoms. The Kier molecular flexibility index (Phi) is 6.15. The minimum absolute atomic E-state index is 0.0151. The quantitative estimate of drug-likeness (QED) is 0.431. The molecular weight excluding hydrogens is 444 g/mol. The summed E-state index contributed by atoms with van der Waals surface area (Å²) in [4.78, 5) is 25.6. The Morgan fingerprint density at radius 3 is 2.56 bits per heavy atom. The number of hydrogen-bond acceptors (Lipinski definition) is 6. The molecule has 0 saturated carbocycles. The van der Waals surface area contributed by atoms with Crippen molar-refractivity contribution >= 4 is 22.4 Å². The second-order valence-corrected chi connectivity index (χ2v) is 9.88. The minimum Gasteiger partial charge on any atom is -0.346 e. The first-order chi connectivity index (χ1) is 16.5. The summed E-state index contributed by atoms with van der Waals surface area (Å²) in [5, 5.41) is 9.51. The molecule has 1 amide bonds. The molecule has 1 saturated heterocycles. The number of hydrogen-bond donors (Lipinski definition) is 0. The molecule has 174 valence electrons. The fourth-order valence-corrected chi connectivity index (χ4v) is 5.38. The van der Waals surface area contributed by atoms with Crippen LogP contribution in [0.2, 0.25) is 0 Å². The van der Waals surface area contributed by atoms with Gasteiger partial charge in [0.25, 0.3) is 5.91 Å². The molecule has 4 aromatic rings. The maximum atomic E-state index is 13.8. The van der Waals surface area contributed by atoms with Crippen molar-refractivity contribution in [3.8, 4) is 16.1 Å². The SMILES string of the molecule is Cc1ccc(-n2nccn2)c(C(=O)N2CCN(c3ncc(-c4ccccc4)s3)CC(C)C2C)c1. The number of carbonyl (C=O) groups excluding carboxylic acids is 1. The molecule has 5 rings (SSSR count). The van der Waals surface area contributed by atoms with Crippen LogP contribution in [-0.2, 0) is 0 Å². The normalized spacial score (nSPS) is 18.7. The van der Waals surface area contributed by atoms with E-state index in [1.54, 1.807) is 23.7 Å². The third-order valence-corrected chi connectivity index (χ3v) is 7.64. The van der Waals surface area contributed by atoms with Crippen molar-refractivity contribution in [1.82, 2.24) is 24.9 Å². The summed E-state index contributed by atoms with van der Waals surface area (Å²) in [5.74, 6) is 0.299. The van der Waals surface area contributed by atoms with Gasteiger partial charge in [0.2, 0.25) is 0 Å². The molecule has 1 fully saturated rings. The predicted molar refractivity (Wildman–Crippen MR) is 136 cm³/mol. The molecule has 7 nitrogen and oxygen atoms in total. The highest BCUT2D eigenvalue weighted by atomic mass is 32.1. The standard InChI is InChI=1S/C26H28N6OS/c1-18-9-10-23(32-28-11-12-29-32)22(15-18)25(33)31-14-13-30(17-19(2)20(31)3)26-27-16-24(34-26)21-7-5-4-6-8-21/h4-12,15-16,19-20H,13-14,17H2,1-3H3. The number of carbonyl (C=O) groups is 1. The average Bonchev–Trinajstić information content (AvgIpc) is 3.54. The summed E-state index contributed by atoms with van der Waals surface area (Å²) in [6.07, 6.45) is 5.20. The first-order valence-corrected chi connectivity index (χ1v) is 12.4. The van der Waals surface area contributed by atoms with Crippen molar-refractivity contribution in [2.75, 3.05) is 24.5 Å². The van der Waals surface area contributed by atoms with Crippen molar-refractivity contribution in [2.45, 2.75) is 26.8 Å². The number of rotatable bonds is 4. The van der Waals surface area contributed by atoms with Crippen LogP contribution in [0.5, 0.6) is 0 Å². The summed E-state index contributed by atoms with van der Waals surface area (Å²) in [6.45, 7) is 8.58. The van der Waals surface area contributed by atoms with Crippen LogP contribution < -0.4 is 4.90 Å². The van der Waals surface area contributed by atoms with E-state index < -0.39 is 0 Å². The molecule has 2 unspecified atom stereocenters. The van der Waals surface area contributed by atoms with Gasteiger partial charge in [0.1, 0.15) is 0 Å². The lowest BCUT2D eigenvalue weighted by Gasteiger charge is -2.30. The lowest BCUT2D eigenvalue weighted by atomic mass is 10.0. The Labute approximate surface area is 203 Å². The molecule has 2 aromatic heterocycles. The molecule has 34 heavy (non-hydrogen) atoms. The highest BCUT2D eigenvalue weighted by Gasteiger charge is 2.32. The summed E-state index contributed by atoms with van der Waals surface area (Å²) >= 11 is 1.71. The smallest absolute Gasteiger partial charge is 0.256 e. The number of nitrogens with zero attached hydrogens (tertiary/aromatic N) is 6. The van der Waals surface area contributed by atoms with Gasteiger partial charge < -0.3 is 9.80 Å². The predicted octanol–water partition coefficient (Wildman–Crippen LogP) is 4.69. The van der Waals surface area contributed by atoms with Crippen molar-refractivity contribution < 1.29 is 4.79 Å². The van der Waals surface area contributed by atoms with Gasteiger partial charge >= 0.3 is 0 Å². The van der Waals surface area contributed by atoms with Gasteiger partial charge in [-0.15, -0.1) is 0 Å². The minimum atomic E-state index is 0.0151. The Morgan fingerprint density at radius 1 is 1.03 bits per heavy atom. The first-order valence-electron chi connectivity index (χ1n) is 11.6. The Balaban J connectivity index is 1.40. The van der Waals surface area contributed by atoms with Crippen LogP contribution in [0, 0.1) is 12.8 Å². The summed E-state index contributed by atoms with van der Waals surface area (Å²) in [7, 11) is 0. The maximum Gasteiger partial charge on any atom is 0.256 e. The highest BCUT2D eigenvalue weighted by molar-refractivity contribution is 7.18. The second kappa shape index (κ2) is 9.38. The molecule has 2 aromatic carbocycles. The molecule has 2 atom stereocenters. The second-order valence-electron chi connectivity index (χ2n) is 8.87. The van der Waals surface area contributed by atoms with Gasteiger partial charge in [-0.1, -0.05) is 60.2 Å². The van der Waals surface area contributed by atoms with Crippen LogP contribution in [0.15, 0.2) is 67.1 Å². The topological polar surface area (TPSA) is 67.2 Å². The molecule has 1 aliphatic heterocycles. The molecule has 3 heterocycles. The van der Waals surface area contributed by atoms with Crippen LogP contribution in [-0.4, -0.2) is 56.5 Å². The van der Waals surface area contributed by atoms with Crippen LogP contribution in [0.25, 0.3) is 16.1 Å². The molecule has 0 N–H and O–H groups in total. The van der Waals surface area contributed by atoms with E-state index in [0.717, 1.165) is 28.7 Å². The van der Waals surface area contributed by atoms with Gasteiger partial charge in [0, 0.05) is 31.9 Å². The summed E-state index contributed by atoms with van der Waals surface area (Å²) < 4.78 is 0. The monoisotopic (exact) mass is 472 g/mol. The van der Waals surface area contributed by atoms with Gasteiger partial charge in [-0.2, -0.15) is 15.0 Å². The van der Waals surface area contributed by atoms with Gasteiger partial charge in [0.05, 0.1) is 28.5 Å². The van der Waals surface area contributed by atoms with Crippen LogP contribution in [0.4, 0.5) is 5.13 Å². The van der Waals surface area contributed by atoms with E-state index >= 15 is 0 Å². The van der Waals surface area contributed by atoms with E-state index in [0.29, 0.717) is 17.8 Å². The summed E-state index contributed by atoms with van der Waals surface area (Å²) in [5.41, 5.74) is 3.55. The largest absolute Gasteiger partial charge is 0.346 e. The highest BCUT2D eigenvalue weighted by Crippen LogP contribution is 2.33. The number of anilines is 1. The van der Waals surface area contributed by atoms with Gasteiger partial charge in [0.15, 0.2) is 5.13 Å². The van der Waals surface area contributed by atoms with Crippen molar-refractivity contribution in [1.29, 1.82) is 0 Å². The lowest BCUT2D eigenvalue weighted by Crippen LogP contribution is -2.42. The zero-order valence-corrected chi connectivity index (χ0v) is 20.4. The number of amides is 1. The van der Waals surface area contributed by atoms with Crippen LogP contribution >= 0.6 is 11.3 Å². The van der Waals surface area contributed by atoms with Crippen LogP contribution in [0.1, 0.15) is 29.8 Å². The van der Waals surface area contributed by atoms with E-state index in [2.05, 4.69) is 41.1 Å². The maximum absolute atomic E-state index is 13.8. The fourth-order valence-electron chi connectivity index (χ4n) is 4.43. The van der Waals surface area contributed by atoms with E-state index in [9.17, 15) is 4.79 Å². The lowest BCUT2D eigenvalue weighted by molar-refractivity contribution is 0.0670. The van der Waals surface area contributed by atoms with Gasteiger partial charge in [-0.05, 0) is 37.5 Å². The van der Waals surface area contributed by atoms with E-state index in [1.165, 1.54) is 10.4 Å². The molecular formula is C26H28N6OS. The molecule has 0 spiro atoms. The van der Waals surface area contributed by atoms with E-state index in [1.807, 2.05) is 54.4 Å². The Hall–Kier alpha value is -3.52. The zero-order chi connectivity index (χ0) is 23.7. The Bertz CT molecular complexity index is 1270. The van der Waals surface area contributed by atoms with Gasteiger partial charge in [-0.3, -0.25) is 4.79 Å². The van der Waals surface area contributed by atoms with Crippen molar-refractivity contribution in [3.63, 3.8) is 0 Å². The number of aromatic nitrogens is 4. The molecule has 0 radical (unpaired) electrons. The molecule has 8 heteroatoms. The van der Waals surface area contributed by atoms with E-state index in [4.69, 9.17) is 4.98 Å². The number of thiazole rings is 1. The van der Waals surface area contributed by atoms with Crippen molar-refractivity contribution in [2.24, 2.45) is 5.92 Å². The number of benzene rings is 2. The average molecular weight is 473 g/mol. The third kappa shape index (κ3) is 4.33. The molecule has 1 aliphatic rings. The Morgan fingerprint density at radius 2 is 1.79 bits per heavy atom. The van der Waals surface area contributed by atoms with Crippen LogP contribution in [0.3, 0.4) is 0 Å².